The third-order valence-corrected chi connectivity index (χ3v) is 5.22. The molecule has 25 heavy (non-hydrogen) atoms. The van der Waals surface area contributed by atoms with Crippen LogP contribution in [-0.4, -0.2) is 45.9 Å². The Hall–Kier alpha value is -1.96. The molecule has 7 nitrogen and oxygen atoms in total. The first-order valence-corrected chi connectivity index (χ1v) is 10.3. The highest BCUT2D eigenvalue weighted by Gasteiger charge is 2.30. The molecule has 8 heteroatoms. The molecule has 1 aromatic rings. The van der Waals surface area contributed by atoms with Crippen LogP contribution in [0.15, 0.2) is 18.2 Å². The van der Waals surface area contributed by atoms with E-state index in [9.17, 15) is 13.2 Å². The summed E-state index contributed by atoms with van der Waals surface area (Å²) in [6.07, 6.45) is 2.86. The van der Waals surface area contributed by atoms with Crippen molar-refractivity contribution in [3.05, 3.63) is 18.2 Å². The number of fused-ring (bicyclic) bond motifs is 1. The van der Waals surface area contributed by atoms with Gasteiger partial charge in [0, 0.05) is 12.1 Å². The molecule has 0 aromatic heterocycles. The molecule has 1 aliphatic rings. The van der Waals surface area contributed by atoms with Gasteiger partial charge in [-0.15, -0.1) is 0 Å². The van der Waals surface area contributed by atoms with Crippen LogP contribution in [0.2, 0.25) is 0 Å². The highest BCUT2D eigenvalue weighted by molar-refractivity contribution is 7.92. The number of hydrogen-bond acceptors (Lipinski definition) is 5. The van der Waals surface area contributed by atoms with E-state index in [0.717, 1.165) is 23.4 Å². The van der Waals surface area contributed by atoms with Gasteiger partial charge in [0.1, 0.15) is 19.3 Å². The zero-order valence-electron chi connectivity index (χ0n) is 15.1. The minimum Gasteiger partial charge on any atom is -0.486 e. The maximum atomic E-state index is 12.5. The van der Waals surface area contributed by atoms with Crippen LogP contribution in [0.5, 0.6) is 11.5 Å². The molecule has 1 aromatic carbocycles. The van der Waals surface area contributed by atoms with E-state index in [2.05, 4.69) is 5.32 Å². The second-order valence-corrected chi connectivity index (χ2v) is 8.12. The number of carbonyl (C=O) groups is 1. The van der Waals surface area contributed by atoms with Gasteiger partial charge in [0.25, 0.3) is 0 Å². The highest BCUT2D eigenvalue weighted by atomic mass is 32.2. The van der Waals surface area contributed by atoms with Gasteiger partial charge in [-0.3, -0.25) is 9.10 Å². The molecule has 1 heterocycles. The molecule has 0 spiro atoms. The molecule has 0 aliphatic carbocycles. The van der Waals surface area contributed by atoms with Crippen molar-refractivity contribution in [3.8, 4) is 11.5 Å². The van der Waals surface area contributed by atoms with Crippen molar-refractivity contribution in [1.29, 1.82) is 0 Å². The van der Waals surface area contributed by atoms with Gasteiger partial charge in [-0.05, 0) is 32.4 Å². The van der Waals surface area contributed by atoms with E-state index in [4.69, 9.17) is 9.47 Å². The maximum absolute atomic E-state index is 12.5. The van der Waals surface area contributed by atoms with Gasteiger partial charge in [0.15, 0.2) is 11.5 Å². The molecular formula is C17H26N2O5S. The molecule has 0 bridgehead atoms. The number of anilines is 1. The molecular weight excluding hydrogens is 344 g/mol. The van der Waals surface area contributed by atoms with Gasteiger partial charge in [-0.2, -0.15) is 0 Å². The Balaban J connectivity index is 2.29. The molecule has 1 N–H and O–H groups in total. The van der Waals surface area contributed by atoms with Gasteiger partial charge in [-0.1, -0.05) is 13.3 Å². The summed E-state index contributed by atoms with van der Waals surface area (Å²) in [4.78, 5) is 12.5. The fourth-order valence-corrected chi connectivity index (χ4v) is 4.01. The summed E-state index contributed by atoms with van der Waals surface area (Å²) in [6, 6.07) is 3.98. The lowest BCUT2D eigenvalue weighted by Crippen LogP contribution is -2.49. The third-order valence-electron chi connectivity index (χ3n) is 3.98. The van der Waals surface area contributed by atoms with Crippen molar-refractivity contribution in [3.63, 3.8) is 0 Å². The SMILES string of the molecule is CCC[C@H](C)NC(=O)[C@@H](C)N(c1ccc2c(c1)OCCO2)S(C)(=O)=O. The number of hydrogen-bond donors (Lipinski definition) is 1. The standard InChI is InChI=1S/C17H26N2O5S/c1-5-6-12(2)18-17(20)13(3)19(25(4,21)22)14-7-8-15-16(11-14)24-10-9-23-15/h7-8,11-13H,5-6,9-10H2,1-4H3,(H,18,20)/t12-,13+/m0/s1. The second kappa shape index (κ2) is 7.95. The fourth-order valence-electron chi connectivity index (χ4n) is 2.85. The number of rotatable bonds is 7. The average Bonchev–Trinajstić information content (AvgIpc) is 2.53. The highest BCUT2D eigenvalue weighted by Crippen LogP contribution is 2.35. The van der Waals surface area contributed by atoms with Crippen LogP contribution in [0, 0.1) is 0 Å². The Morgan fingerprint density at radius 2 is 1.88 bits per heavy atom. The summed E-state index contributed by atoms with van der Waals surface area (Å²) in [7, 11) is -3.66. The van der Waals surface area contributed by atoms with Gasteiger partial charge in [0.2, 0.25) is 15.9 Å². The topological polar surface area (TPSA) is 84.9 Å². The molecule has 0 saturated carbocycles. The molecule has 1 amide bonds. The Bertz CT molecular complexity index is 720. The van der Waals surface area contributed by atoms with Crippen LogP contribution in [0.3, 0.4) is 0 Å². The van der Waals surface area contributed by atoms with E-state index in [-0.39, 0.29) is 11.9 Å². The largest absolute Gasteiger partial charge is 0.486 e. The fraction of sp³-hybridized carbons (Fsp3) is 0.588. The van der Waals surface area contributed by atoms with E-state index >= 15 is 0 Å². The Kier molecular flexibility index (Phi) is 6.16. The lowest BCUT2D eigenvalue weighted by molar-refractivity contribution is -0.122. The number of carbonyl (C=O) groups excluding carboxylic acids is 1. The lowest BCUT2D eigenvalue weighted by atomic mass is 10.2. The molecule has 0 unspecified atom stereocenters. The molecule has 1 aliphatic heterocycles. The number of sulfonamides is 1. The third kappa shape index (κ3) is 4.78. The van der Waals surface area contributed by atoms with Crippen LogP contribution >= 0.6 is 0 Å². The predicted octanol–water partition coefficient (Wildman–Crippen LogP) is 1.92. The van der Waals surface area contributed by atoms with Crippen molar-refractivity contribution < 1.29 is 22.7 Å². The summed E-state index contributed by atoms with van der Waals surface area (Å²) in [6.45, 7) is 6.37. The summed E-state index contributed by atoms with van der Waals surface area (Å²) in [5.41, 5.74) is 0.373. The van der Waals surface area contributed by atoms with Crippen molar-refractivity contribution in [2.75, 3.05) is 23.8 Å². The van der Waals surface area contributed by atoms with Gasteiger partial charge in [0.05, 0.1) is 11.9 Å². The first kappa shape index (κ1) is 19.4. The summed E-state index contributed by atoms with van der Waals surface area (Å²) in [5, 5.41) is 2.86. The zero-order valence-corrected chi connectivity index (χ0v) is 15.9. The molecule has 0 saturated heterocycles. The molecule has 2 atom stereocenters. The average molecular weight is 370 g/mol. The van der Waals surface area contributed by atoms with Gasteiger partial charge in [-0.25, -0.2) is 8.42 Å². The monoisotopic (exact) mass is 370 g/mol. The molecule has 2 rings (SSSR count). The van der Waals surface area contributed by atoms with E-state index in [1.54, 1.807) is 25.1 Å². The number of nitrogens with zero attached hydrogens (tertiary/aromatic N) is 1. The van der Waals surface area contributed by atoms with Crippen molar-refractivity contribution >= 4 is 21.6 Å². The van der Waals surface area contributed by atoms with E-state index in [1.165, 1.54) is 0 Å². The van der Waals surface area contributed by atoms with Gasteiger partial charge < -0.3 is 14.8 Å². The summed E-state index contributed by atoms with van der Waals surface area (Å²) < 4.78 is 36.7. The number of benzene rings is 1. The van der Waals surface area contributed by atoms with Crippen molar-refractivity contribution in [2.24, 2.45) is 0 Å². The molecule has 140 valence electrons. The van der Waals surface area contributed by atoms with Gasteiger partial charge >= 0.3 is 0 Å². The van der Waals surface area contributed by atoms with Crippen molar-refractivity contribution in [1.82, 2.24) is 5.32 Å². The summed E-state index contributed by atoms with van der Waals surface area (Å²) in [5.74, 6) is 0.711. The van der Waals surface area contributed by atoms with E-state index in [1.807, 2.05) is 13.8 Å². The predicted molar refractivity (Wildman–Crippen MR) is 96.7 cm³/mol. The van der Waals surface area contributed by atoms with Crippen LogP contribution in [0.1, 0.15) is 33.6 Å². The van der Waals surface area contributed by atoms with Crippen LogP contribution in [0.25, 0.3) is 0 Å². The normalized spacial score (nSPS) is 16.0. The second-order valence-electron chi connectivity index (χ2n) is 6.26. The molecule has 0 fully saturated rings. The van der Waals surface area contributed by atoms with E-state index in [0.29, 0.717) is 30.4 Å². The van der Waals surface area contributed by atoms with Crippen LogP contribution in [-0.2, 0) is 14.8 Å². The zero-order chi connectivity index (χ0) is 18.6. The smallest absolute Gasteiger partial charge is 0.243 e. The van der Waals surface area contributed by atoms with Crippen LogP contribution < -0.4 is 19.1 Å². The minimum absolute atomic E-state index is 0.0124. The molecule has 0 radical (unpaired) electrons. The quantitative estimate of drug-likeness (QED) is 0.793. The Labute approximate surface area is 149 Å². The Morgan fingerprint density at radius 3 is 2.48 bits per heavy atom. The minimum atomic E-state index is -3.66. The Morgan fingerprint density at radius 1 is 1.24 bits per heavy atom. The maximum Gasteiger partial charge on any atom is 0.243 e. The first-order chi connectivity index (χ1) is 11.7. The lowest BCUT2D eigenvalue weighted by Gasteiger charge is -2.30. The first-order valence-electron chi connectivity index (χ1n) is 8.43. The van der Waals surface area contributed by atoms with Crippen molar-refractivity contribution in [2.45, 2.75) is 45.7 Å². The number of ether oxygens (including phenoxy) is 2. The summed E-state index contributed by atoms with van der Waals surface area (Å²) >= 11 is 0. The number of amides is 1. The number of nitrogens with one attached hydrogen (secondary N) is 1. The van der Waals surface area contributed by atoms with Crippen LogP contribution in [0.4, 0.5) is 5.69 Å². The van der Waals surface area contributed by atoms with E-state index < -0.39 is 16.1 Å².